The Hall–Kier alpha value is -3.47. The maximum absolute atomic E-state index is 13.3. The number of thioether (sulfide) groups is 2. The summed E-state index contributed by atoms with van der Waals surface area (Å²) >= 11 is 3.07. The first-order valence-electron chi connectivity index (χ1n) is 15.3. The summed E-state index contributed by atoms with van der Waals surface area (Å²) in [6, 6.07) is 21.2. The lowest BCUT2D eigenvalue weighted by Crippen LogP contribution is -2.49. The Balaban J connectivity index is 1.51. The number of hydrogen-bond donors (Lipinski definition) is 4. The van der Waals surface area contributed by atoms with Gasteiger partial charge in [-0.15, -0.1) is 11.8 Å². The summed E-state index contributed by atoms with van der Waals surface area (Å²) in [5.74, 6) is -0.218. The fraction of sp³-hybridized carbons (Fsp3) is 0.400. The lowest BCUT2D eigenvalue weighted by molar-refractivity contribution is -0.142. The molecule has 2 amide bonds. The van der Waals surface area contributed by atoms with Gasteiger partial charge in [0.15, 0.2) is 0 Å². The van der Waals surface area contributed by atoms with Crippen molar-refractivity contribution in [2.45, 2.75) is 57.1 Å². The molecule has 4 aromatic rings. The standard InChI is InChI=1S/C35H44N4O4S2/c1-23(2)18-27(37-33(41)22-45-34-24(3)36-30-15-8-7-14-29(30)34)20-39(21-32(40)38-31(35(42)43)16-17-44-4)19-26-12-9-11-25-10-5-6-13-28(25)26/h5-15,23,27,31,36H,16-22H2,1-4H3,(H,37,41)(H,38,40)(H,42,43)/t27-,31-/m0/s1. The van der Waals surface area contributed by atoms with Crippen LogP contribution in [0.2, 0.25) is 0 Å². The topological polar surface area (TPSA) is 115 Å². The third-order valence-corrected chi connectivity index (χ3v) is 9.53. The molecule has 4 rings (SSSR count). The minimum atomic E-state index is -1.04. The summed E-state index contributed by atoms with van der Waals surface area (Å²) in [5.41, 5.74) is 3.16. The quantitative estimate of drug-likeness (QED) is 0.103. The Morgan fingerprint density at radius 1 is 0.933 bits per heavy atom. The van der Waals surface area contributed by atoms with Crippen molar-refractivity contribution in [2.75, 3.05) is 30.9 Å². The van der Waals surface area contributed by atoms with Gasteiger partial charge in [-0.1, -0.05) is 74.5 Å². The van der Waals surface area contributed by atoms with Gasteiger partial charge in [-0.25, -0.2) is 4.79 Å². The fourth-order valence-corrected chi connectivity index (χ4v) is 7.13. The highest BCUT2D eigenvalue weighted by Crippen LogP contribution is 2.31. The molecule has 8 nitrogen and oxygen atoms in total. The molecule has 1 aromatic heterocycles. The molecule has 45 heavy (non-hydrogen) atoms. The van der Waals surface area contributed by atoms with Gasteiger partial charge in [0.2, 0.25) is 11.8 Å². The first kappa shape index (κ1) is 34.4. The fourth-order valence-electron chi connectivity index (χ4n) is 5.70. The predicted octanol–water partition coefficient (Wildman–Crippen LogP) is 6.08. The molecular weight excluding hydrogens is 605 g/mol. The van der Waals surface area contributed by atoms with Crippen LogP contribution >= 0.6 is 23.5 Å². The van der Waals surface area contributed by atoms with Crippen molar-refractivity contribution in [3.8, 4) is 0 Å². The highest BCUT2D eigenvalue weighted by Gasteiger charge is 2.24. The SMILES string of the molecule is CSCC[C@H](NC(=O)CN(Cc1cccc2ccccc12)C[C@H](CC(C)C)NC(=O)CSc1c(C)[nH]c2ccccc12)C(=O)O. The van der Waals surface area contributed by atoms with Crippen molar-refractivity contribution in [3.05, 3.63) is 78.0 Å². The number of aryl methyl sites for hydroxylation is 1. The van der Waals surface area contributed by atoms with Crippen LogP contribution in [0.4, 0.5) is 0 Å². The van der Waals surface area contributed by atoms with E-state index in [1.54, 1.807) is 11.8 Å². The van der Waals surface area contributed by atoms with Crippen LogP contribution in [0.3, 0.4) is 0 Å². The number of carboxylic acid groups (broad SMARTS) is 1. The third kappa shape index (κ3) is 10.0. The minimum Gasteiger partial charge on any atom is -0.480 e. The molecule has 4 N–H and O–H groups in total. The second-order valence-electron chi connectivity index (χ2n) is 11.9. The van der Waals surface area contributed by atoms with Gasteiger partial charge in [-0.05, 0) is 60.1 Å². The average Bonchev–Trinajstić information content (AvgIpc) is 3.32. The molecule has 0 bridgehead atoms. The molecule has 240 valence electrons. The Morgan fingerprint density at radius 3 is 2.38 bits per heavy atom. The molecule has 0 aliphatic heterocycles. The van der Waals surface area contributed by atoms with Crippen molar-refractivity contribution in [1.29, 1.82) is 0 Å². The number of amides is 2. The zero-order chi connectivity index (χ0) is 32.3. The number of benzene rings is 3. The van der Waals surface area contributed by atoms with E-state index in [0.717, 1.165) is 44.2 Å². The number of rotatable bonds is 17. The van der Waals surface area contributed by atoms with Crippen LogP contribution < -0.4 is 10.6 Å². The number of nitrogens with zero attached hydrogens (tertiary/aromatic N) is 1. The van der Waals surface area contributed by atoms with Gasteiger partial charge >= 0.3 is 5.97 Å². The Morgan fingerprint density at radius 2 is 1.64 bits per heavy atom. The van der Waals surface area contributed by atoms with Crippen LogP contribution in [-0.2, 0) is 20.9 Å². The molecule has 10 heteroatoms. The minimum absolute atomic E-state index is 0.0139. The third-order valence-electron chi connectivity index (χ3n) is 7.67. The van der Waals surface area contributed by atoms with Gasteiger partial charge in [0.05, 0.1) is 12.3 Å². The lowest BCUT2D eigenvalue weighted by atomic mass is 10.0. The van der Waals surface area contributed by atoms with Gasteiger partial charge in [0.25, 0.3) is 0 Å². The number of carboxylic acids is 1. The number of H-pyrrole nitrogens is 1. The second-order valence-corrected chi connectivity index (χ2v) is 13.8. The van der Waals surface area contributed by atoms with E-state index >= 15 is 0 Å². The summed E-state index contributed by atoms with van der Waals surface area (Å²) in [6.45, 7) is 7.20. The number of fused-ring (bicyclic) bond motifs is 2. The summed E-state index contributed by atoms with van der Waals surface area (Å²) in [4.78, 5) is 44.9. The van der Waals surface area contributed by atoms with E-state index in [-0.39, 0.29) is 30.2 Å². The van der Waals surface area contributed by atoms with E-state index in [9.17, 15) is 19.5 Å². The molecule has 0 aliphatic rings. The molecule has 0 spiro atoms. The number of aliphatic carboxylic acids is 1. The number of carbonyl (C=O) groups excluding carboxylic acids is 2. The van der Waals surface area contributed by atoms with Crippen LogP contribution in [0.1, 0.15) is 37.9 Å². The molecule has 0 unspecified atom stereocenters. The summed E-state index contributed by atoms with van der Waals surface area (Å²) < 4.78 is 0. The zero-order valence-electron chi connectivity index (χ0n) is 26.5. The molecule has 0 saturated heterocycles. The number of aromatic amines is 1. The van der Waals surface area contributed by atoms with Crippen molar-refractivity contribution in [2.24, 2.45) is 5.92 Å². The van der Waals surface area contributed by atoms with Crippen LogP contribution in [0.5, 0.6) is 0 Å². The average molecular weight is 649 g/mol. The first-order valence-corrected chi connectivity index (χ1v) is 17.7. The maximum atomic E-state index is 13.3. The predicted molar refractivity (Wildman–Crippen MR) is 187 cm³/mol. The van der Waals surface area contributed by atoms with Crippen molar-refractivity contribution in [3.63, 3.8) is 0 Å². The Bertz CT molecular complexity index is 1600. The van der Waals surface area contributed by atoms with E-state index in [0.29, 0.717) is 31.2 Å². The molecule has 1 heterocycles. The number of nitrogens with one attached hydrogen (secondary N) is 3. The van der Waals surface area contributed by atoms with E-state index in [2.05, 4.69) is 59.8 Å². The molecular formula is C35H44N4O4S2. The largest absolute Gasteiger partial charge is 0.480 e. The highest BCUT2D eigenvalue weighted by atomic mass is 32.2. The van der Waals surface area contributed by atoms with Crippen LogP contribution in [-0.4, -0.2) is 75.7 Å². The van der Waals surface area contributed by atoms with E-state index in [1.807, 2.05) is 54.5 Å². The number of aromatic nitrogens is 1. The van der Waals surface area contributed by atoms with E-state index in [4.69, 9.17) is 0 Å². The summed E-state index contributed by atoms with van der Waals surface area (Å²) in [7, 11) is 0. The highest BCUT2D eigenvalue weighted by molar-refractivity contribution is 8.00. The molecule has 0 aliphatic carbocycles. The van der Waals surface area contributed by atoms with E-state index in [1.165, 1.54) is 11.8 Å². The number of hydrogen-bond acceptors (Lipinski definition) is 6. The smallest absolute Gasteiger partial charge is 0.326 e. The molecule has 0 fully saturated rings. The van der Waals surface area contributed by atoms with E-state index < -0.39 is 12.0 Å². The van der Waals surface area contributed by atoms with Crippen molar-refractivity contribution in [1.82, 2.24) is 20.5 Å². The van der Waals surface area contributed by atoms with Gasteiger partial charge in [-0.3, -0.25) is 14.5 Å². The van der Waals surface area contributed by atoms with Crippen LogP contribution in [0.25, 0.3) is 21.7 Å². The number of para-hydroxylation sites is 1. The monoisotopic (exact) mass is 648 g/mol. The van der Waals surface area contributed by atoms with Gasteiger partial charge < -0.3 is 20.7 Å². The normalized spacial score (nSPS) is 12.9. The maximum Gasteiger partial charge on any atom is 0.326 e. The zero-order valence-corrected chi connectivity index (χ0v) is 28.1. The number of carbonyl (C=O) groups is 3. The summed E-state index contributed by atoms with van der Waals surface area (Å²) in [6.07, 6.45) is 3.00. The van der Waals surface area contributed by atoms with Crippen molar-refractivity contribution < 1.29 is 19.5 Å². The van der Waals surface area contributed by atoms with Crippen LogP contribution in [0.15, 0.2) is 71.6 Å². The molecule has 2 atom stereocenters. The van der Waals surface area contributed by atoms with Gasteiger partial charge in [-0.2, -0.15) is 11.8 Å². The van der Waals surface area contributed by atoms with Crippen LogP contribution in [0, 0.1) is 12.8 Å². The van der Waals surface area contributed by atoms with Gasteiger partial charge in [0, 0.05) is 40.6 Å². The Labute approximate surface area is 274 Å². The Kier molecular flexibility index (Phi) is 12.8. The lowest BCUT2D eigenvalue weighted by Gasteiger charge is -2.29. The summed E-state index contributed by atoms with van der Waals surface area (Å²) in [5, 5.41) is 19.0. The first-order chi connectivity index (χ1) is 21.6. The molecule has 3 aromatic carbocycles. The van der Waals surface area contributed by atoms with Crippen molar-refractivity contribution >= 4 is 63.0 Å². The second kappa shape index (κ2) is 16.7. The van der Waals surface area contributed by atoms with Gasteiger partial charge in [0.1, 0.15) is 6.04 Å². The molecule has 0 radical (unpaired) electrons. The molecule has 0 saturated carbocycles.